The zero-order chi connectivity index (χ0) is 13.2. The summed E-state index contributed by atoms with van der Waals surface area (Å²) in [6.07, 6.45) is 0. The lowest BCUT2D eigenvalue weighted by atomic mass is 9.94. The molecule has 1 heteroatoms. The van der Waals surface area contributed by atoms with Crippen LogP contribution in [0.25, 0.3) is 21.9 Å². The van der Waals surface area contributed by atoms with Crippen molar-refractivity contribution in [3.05, 3.63) is 71.8 Å². The van der Waals surface area contributed by atoms with Gasteiger partial charge in [-0.3, -0.25) is 0 Å². The Hall–Kier alpha value is -2.59. The summed E-state index contributed by atoms with van der Waals surface area (Å²) >= 11 is 0. The number of aryl methyl sites for hydroxylation is 1. The molecule has 0 aliphatic carbocycles. The van der Waals surface area contributed by atoms with Crippen molar-refractivity contribution < 1.29 is 0 Å². The van der Waals surface area contributed by atoms with Gasteiger partial charge in [0, 0.05) is 0 Å². The molecule has 0 aliphatic rings. The van der Waals surface area contributed by atoms with E-state index in [4.69, 9.17) is 5.26 Å². The molecule has 0 atom stereocenters. The summed E-state index contributed by atoms with van der Waals surface area (Å²) in [5.74, 6) is 0. The van der Waals surface area contributed by atoms with Crippen LogP contribution >= 0.6 is 0 Å². The summed E-state index contributed by atoms with van der Waals surface area (Å²) < 4.78 is 0. The number of nitriles is 1. The van der Waals surface area contributed by atoms with Crippen LogP contribution in [0.1, 0.15) is 11.1 Å². The van der Waals surface area contributed by atoms with E-state index < -0.39 is 0 Å². The van der Waals surface area contributed by atoms with E-state index in [-0.39, 0.29) is 0 Å². The van der Waals surface area contributed by atoms with Crippen molar-refractivity contribution in [2.75, 3.05) is 0 Å². The Morgan fingerprint density at radius 2 is 1.63 bits per heavy atom. The first-order valence-electron chi connectivity index (χ1n) is 6.28. The van der Waals surface area contributed by atoms with Crippen molar-refractivity contribution in [2.45, 2.75) is 6.92 Å². The van der Waals surface area contributed by atoms with E-state index in [0.29, 0.717) is 5.56 Å². The Morgan fingerprint density at radius 3 is 2.47 bits per heavy atom. The molecule has 0 unspecified atom stereocenters. The van der Waals surface area contributed by atoms with Crippen molar-refractivity contribution in [3.8, 4) is 17.2 Å². The summed E-state index contributed by atoms with van der Waals surface area (Å²) in [5, 5.41) is 11.5. The monoisotopic (exact) mass is 243 g/mol. The minimum atomic E-state index is 0.702. The van der Waals surface area contributed by atoms with Gasteiger partial charge in [0.2, 0.25) is 0 Å². The van der Waals surface area contributed by atoms with Gasteiger partial charge in [0.1, 0.15) is 0 Å². The third kappa shape index (κ3) is 1.98. The standard InChI is InChI=1S/C18H13N/c1-13-9-10-14(12-19)11-18(13)17-8-4-6-15-5-2-3-7-16(15)17/h2-11H,1H3. The Bertz CT molecular complexity index is 789. The second-order valence-corrected chi connectivity index (χ2v) is 4.67. The van der Waals surface area contributed by atoms with Crippen LogP contribution in [0.5, 0.6) is 0 Å². The molecule has 3 rings (SSSR count). The van der Waals surface area contributed by atoms with Gasteiger partial charge in [0.25, 0.3) is 0 Å². The smallest absolute Gasteiger partial charge is 0.0991 e. The fourth-order valence-electron chi connectivity index (χ4n) is 2.44. The predicted molar refractivity (Wildman–Crippen MR) is 78.8 cm³/mol. The molecule has 0 aliphatic heterocycles. The fourth-order valence-corrected chi connectivity index (χ4v) is 2.44. The highest BCUT2D eigenvalue weighted by molar-refractivity contribution is 5.97. The van der Waals surface area contributed by atoms with Crippen molar-refractivity contribution in [1.82, 2.24) is 0 Å². The summed E-state index contributed by atoms with van der Waals surface area (Å²) in [5.41, 5.74) is 4.22. The first kappa shape index (κ1) is 11.5. The molecule has 0 N–H and O–H groups in total. The second kappa shape index (κ2) is 4.59. The van der Waals surface area contributed by atoms with Gasteiger partial charge in [-0.25, -0.2) is 0 Å². The average molecular weight is 243 g/mol. The van der Waals surface area contributed by atoms with Crippen molar-refractivity contribution >= 4 is 10.8 Å². The van der Waals surface area contributed by atoms with Gasteiger partial charge >= 0.3 is 0 Å². The molecule has 1 nitrogen and oxygen atoms in total. The summed E-state index contributed by atoms with van der Waals surface area (Å²) in [6, 6.07) is 22.7. The van der Waals surface area contributed by atoms with Crippen LogP contribution in [0.15, 0.2) is 60.7 Å². The molecule has 0 amide bonds. The van der Waals surface area contributed by atoms with E-state index in [1.165, 1.54) is 21.9 Å². The molecular weight excluding hydrogens is 230 g/mol. The van der Waals surface area contributed by atoms with Crippen LogP contribution in [-0.4, -0.2) is 0 Å². The first-order chi connectivity index (χ1) is 9.29. The van der Waals surface area contributed by atoms with Crippen LogP contribution in [-0.2, 0) is 0 Å². The summed E-state index contributed by atoms with van der Waals surface area (Å²) in [7, 11) is 0. The Morgan fingerprint density at radius 1 is 0.842 bits per heavy atom. The predicted octanol–water partition coefficient (Wildman–Crippen LogP) is 4.69. The molecule has 3 aromatic carbocycles. The van der Waals surface area contributed by atoms with Gasteiger partial charge in [0.15, 0.2) is 0 Å². The lowest BCUT2D eigenvalue weighted by Crippen LogP contribution is -1.87. The molecule has 0 spiro atoms. The highest BCUT2D eigenvalue weighted by atomic mass is 14.2. The lowest BCUT2D eigenvalue weighted by Gasteiger charge is -2.10. The van der Waals surface area contributed by atoms with Crippen LogP contribution in [0.3, 0.4) is 0 Å². The van der Waals surface area contributed by atoms with E-state index in [2.05, 4.69) is 49.4 Å². The molecule has 0 fully saturated rings. The van der Waals surface area contributed by atoms with Crippen molar-refractivity contribution in [1.29, 1.82) is 5.26 Å². The van der Waals surface area contributed by atoms with Gasteiger partial charge in [-0.05, 0) is 46.5 Å². The zero-order valence-electron chi connectivity index (χ0n) is 10.7. The number of fused-ring (bicyclic) bond motifs is 1. The Balaban J connectivity index is 2.34. The average Bonchev–Trinajstić information content (AvgIpc) is 2.47. The van der Waals surface area contributed by atoms with Gasteiger partial charge in [-0.1, -0.05) is 48.5 Å². The van der Waals surface area contributed by atoms with Crippen LogP contribution < -0.4 is 0 Å². The highest BCUT2D eigenvalue weighted by Gasteiger charge is 2.07. The number of rotatable bonds is 1. The Labute approximate surface area is 112 Å². The molecular formula is C18H13N. The van der Waals surface area contributed by atoms with Gasteiger partial charge in [-0.15, -0.1) is 0 Å². The highest BCUT2D eigenvalue weighted by Crippen LogP contribution is 2.31. The summed E-state index contributed by atoms with van der Waals surface area (Å²) in [4.78, 5) is 0. The van der Waals surface area contributed by atoms with Crippen molar-refractivity contribution in [2.24, 2.45) is 0 Å². The van der Waals surface area contributed by atoms with Crippen molar-refractivity contribution in [3.63, 3.8) is 0 Å². The van der Waals surface area contributed by atoms with Crippen LogP contribution in [0.4, 0.5) is 0 Å². The van der Waals surface area contributed by atoms with Gasteiger partial charge < -0.3 is 0 Å². The number of hydrogen-bond acceptors (Lipinski definition) is 1. The van der Waals surface area contributed by atoms with Crippen LogP contribution in [0, 0.1) is 18.3 Å². The molecule has 0 aromatic heterocycles. The molecule has 0 radical (unpaired) electrons. The normalized spacial score (nSPS) is 10.3. The zero-order valence-corrected chi connectivity index (χ0v) is 10.7. The molecule has 0 saturated carbocycles. The first-order valence-corrected chi connectivity index (χ1v) is 6.28. The van der Waals surface area contributed by atoms with E-state index in [0.717, 1.165) is 5.56 Å². The van der Waals surface area contributed by atoms with Gasteiger partial charge in [-0.2, -0.15) is 5.26 Å². The number of nitrogens with zero attached hydrogens (tertiary/aromatic N) is 1. The van der Waals surface area contributed by atoms with E-state index in [9.17, 15) is 0 Å². The van der Waals surface area contributed by atoms with Gasteiger partial charge in [0.05, 0.1) is 11.6 Å². The molecule has 3 aromatic rings. The molecule has 19 heavy (non-hydrogen) atoms. The number of benzene rings is 3. The third-order valence-electron chi connectivity index (χ3n) is 3.45. The molecule has 0 bridgehead atoms. The maximum atomic E-state index is 9.06. The molecule has 90 valence electrons. The minimum absolute atomic E-state index is 0.702. The largest absolute Gasteiger partial charge is 0.192 e. The Kier molecular flexibility index (Phi) is 2.78. The third-order valence-corrected chi connectivity index (χ3v) is 3.45. The van der Waals surface area contributed by atoms with E-state index in [1.54, 1.807) is 0 Å². The van der Waals surface area contributed by atoms with E-state index >= 15 is 0 Å². The van der Waals surface area contributed by atoms with Crippen LogP contribution in [0.2, 0.25) is 0 Å². The maximum Gasteiger partial charge on any atom is 0.0991 e. The maximum absolute atomic E-state index is 9.06. The second-order valence-electron chi connectivity index (χ2n) is 4.67. The minimum Gasteiger partial charge on any atom is -0.192 e. The summed E-state index contributed by atoms with van der Waals surface area (Å²) in [6.45, 7) is 2.08. The molecule has 0 saturated heterocycles. The quantitative estimate of drug-likeness (QED) is 0.608. The fraction of sp³-hybridized carbons (Fsp3) is 0.0556. The lowest BCUT2D eigenvalue weighted by molar-refractivity contribution is 1.43. The topological polar surface area (TPSA) is 23.8 Å². The number of hydrogen-bond donors (Lipinski definition) is 0. The SMILES string of the molecule is Cc1ccc(C#N)cc1-c1cccc2ccccc12. The van der Waals surface area contributed by atoms with E-state index in [1.807, 2.05) is 24.3 Å². The molecule has 0 heterocycles.